The number of aromatic nitrogens is 2. The molecule has 7 heteroatoms. The van der Waals surface area contributed by atoms with Crippen molar-refractivity contribution in [2.45, 2.75) is 10.9 Å². The molecule has 0 amide bonds. The first-order valence-corrected chi connectivity index (χ1v) is 10.3. The molecule has 4 aromatic rings. The van der Waals surface area contributed by atoms with Crippen LogP contribution in [0.25, 0.3) is 16.6 Å². The minimum Gasteiger partial charge on any atom is -0.454 e. The van der Waals surface area contributed by atoms with Crippen molar-refractivity contribution >= 4 is 34.3 Å². The molecule has 29 heavy (non-hydrogen) atoms. The van der Waals surface area contributed by atoms with Gasteiger partial charge < -0.3 is 9.47 Å². The van der Waals surface area contributed by atoms with Gasteiger partial charge in [-0.3, -0.25) is 9.36 Å². The highest BCUT2D eigenvalue weighted by atomic mass is 35.5. The highest BCUT2D eigenvalue weighted by molar-refractivity contribution is 7.98. The number of hydrogen-bond acceptors (Lipinski definition) is 5. The van der Waals surface area contributed by atoms with Gasteiger partial charge in [0.2, 0.25) is 6.79 Å². The van der Waals surface area contributed by atoms with E-state index in [-0.39, 0.29) is 12.4 Å². The molecule has 1 aliphatic rings. The van der Waals surface area contributed by atoms with Crippen molar-refractivity contribution in [2.24, 2.45) is 0 Å². The number of para-hydroxylation sites is 2. The molecule has 0 bridgehead atoms. The Hall–Kier alpha value is -2.96. The lowest BCUT2D eigenvalue weighted by Gasteiger charge is -2.13. The first kappa shape index (κ1) is 18.1. The summed E-state index contributed by atoms with van der Waals surface area (Å²) in [5, 5.41) is 1.73. The molecule has 0 fully saturated rings. The van der Waals surface area contributed by atoms with Crippen molar-refractivity contribution < 1.29 is 9.47 Å². The Balaban J connectivity index is 1.58. The molecule has 1 aromatic heterocycles. The van der Waals surface area contributed by atoms with Crippen LogP contribution in [0.5, 0.6) is 11.5 Å². The van der Waals surface area contributed by atoms with E-state index in [0.29, 0.717) is 38.3 Å². The topological polar surface area (TPSA) is 53.4 Å². The van der Waals surface area contributed by atoms with Crippen LogP contribution in [0.2, 0.25) is 5.02 Å². The van der Waals surface area contributed by atoms with Crippen molar-refractivity contribution in [1.29, 1.82) is 0 Å². The maximum Gasteiger partial charge on any atom is 0.266 e. The fraction of sp³-hybridized carbons (Fsp3) is 0.0909. The van der Waals surface area contributed by atoms with Gasteiger partial charge in [-0.25, -0.2) is 4.98 Å². The number of benzene rings is 3. The summed E-state index contributed by atoms with van der Waals surface area (Å²) in [4.78, 5) is 18.0. The van der Waals surface area contributed by atoms with Crippen molar-refractivity contribution in [3.05, 3.63) is 87.7 Å². The van der Waals surface area contributed by atoms with Gasteiger partial charge in [-0.15, -0.1) is 0 Å². The first-order chi connectivity index (χ1) is 14.2. The monoisotopic (exact) mass is 422 g/mol. The van der Waals surface area contributed by atoms with Gasteiger partial charge in [0.05, 0.1) is 21.6 Å². The summed E-state index contributed by atoms with van der Waals surface area (Å²) in [6, 6.07) is 20.7. The Morgan fingerprint density at radius 3 is 2.69 bits per heavy atom. The summed E-state index contributed by atoms with van der Waals surface area (Å²) in [5.74, 6) is 1.79. The molecule has 5 rings (SSSR count). The standard InChI is InChI=1S/C22H15ClN2O3S/c23-17-10-14(11-19-20(17)28-13-27-19)12-29-22-24-18-9-5-4-8-16(18)21(26)25(22)15-6-2-1-3-7-15/h1-11H,12-13H2. The minimum atomic E-state index is -0.0898. The van der Waals surface area contributed by atoms with Gasteiger partial charge in [-0.2, -0.15) is 0 Å². The highest BCUT2D eigenvalue weighted by Crippen LogP contribution is 2.40. The third-order valence-corrected chi connectivity index (χ3v) is 5.90. The number of ether oxygens (including phenoxy) is 2. The third kappa shape index (κ3) is 3.34. The van der Waals surface area contributed by atoms with Gasteiger partial charge in [0.15, 0.2) is 16.7 Å². The second-order valence-corrected chi connectivity index (χ2v) is 7.84. The van der Waals surface area contributed by atoms with Gasteiger partial charge in [0.25, 0.3) is 5.56 Å². The Labute approximate surface area is 175 Å². The Bertz CT molecular complexity index is 1270. The van der Waals surface area contributed by atoms with Crippen LogP contribution in [0, 0.1) is 0 Å². The second kappa shape index (κ2) is 7.46. The summed E-state index contributed by atoms with van der Waals surface area (Å²) in [5.41, 5.74) is 2.33. The van der Waals surface area contributed by atoms with E-state index in [2.05, 4.69) is 0 Å². The van der Waals surface area contributed by atoms with Gasteiger partial charge in [0, 0.05) is 5.75 Å². The van der Waals surface area contributed by atoms with Crippen LogP contribution in [0.15, 0.2) is 76.7 Å². The molecule has 0 radical (unpaired) electrons. The number of nitrogens with zero attached hydrogens (tertiary/aromatic N) is 2. The van der Waals surface area contributed by atoms with Gasteiger partial charge in [-0.05, 0) is 42.0 Å². The maximum absolute atomic E-state index is 13.2. The van der Waals surface area contributed by atoms with E-state index in [9.17, 15) is 4.79 Å². The third-order valence-electron chi connectivity index (χ3n) is 4.61. The molecule has 3 aromatic carbocycles. The van der Waals surface area contributed by atoms with E-state index in [4.69, 9.17) is 26.1 Å². The average molecular weight is 423 g/mol. The number of rotatable bonds is 4. The molecule has 144 valence electrons. The fourth-order valence-corrected chi connectivity index (χ4v) is 4.50. The van der Waals surface area contributed by atoms with Gasteiger partial charge >= 0.3 is 0 Å². The van der Waals surface area contributed by atoms with Crippen LogP contribution in [-0.4, -0.2) is 16.3 Å². The largest absolute Gasteiger partial charge is 0.454 e. The lowest BCUT2D eigenvalue weighted by Crippen LogP contribution is -2.21. The molecule has 0 atom stereocenters. The smallest absolute Gasteiger partial charge is 0.266 e. The molecule has 0 aliphatic carbocycles. The molecule has 2 heterocycles. The van der Waals surface area contributed by atoms with Crippen LogP contribution >= 0.6 is 23.4 Å². The molecular weight excluding hydrogens is 408 g/mol. The molecular formula is C22H15ClN2O3S. The first-order valence-electron chi connectivity index (χ1n) is 8.99. The predicted octanol–water partition coefficient (Wildman–Crippen LogP) is 5.06. The zero-order valence-electron chi connectivity index (χ0n) is 15.2. The Morgan fingerprint density at radius 2 is 1.83 bits per heavy atom. The van der Waals surface area contributed by atoms with Crippen molar-refractivity contribution in [3.8, 4) is 17.2 Å². The molecule has 0 saturated carbocycles. The number of hydrogen-bond donors (Lipinski definition) is 0. The minimum absolute atomic E-state index is 0.0898. The van der Waals surface area contributed by atoms with Crippen molar-refractivity contribution in [1.82, 2.24) is 9.55 Å². The second-order valence-electron chi connectivity index (χ2n) is 6.49. The SMILES string of the molecule is O=c1c2ccccc2nc(SCc2cc(Cl)c3c(c2)OCO3)n1-c1ccccc1. The van der Waals surface area contributed by atoms with Crippen LogP contribution in [-0.2, 0) is 5.75 Å². The van der Waals surface area contributed by atoms with E-state index in [0.717, 1.165) is 11.3 Å². The Morgan fingerprint density at radius 1 is 1.03 bits per heavy atom. The summed E-state index contributed by atoms with van der Waals surface area (Å²) in [7, 11) is 0. The molecule has 0 N–H and O–H groups in total. The summed E-state index contributed by atoms with van der Waals surface area (Å²) < 4.78 is 12.5. The van der Waals surface area contributed by atoms with E-state index in [1.54, 1.807) is 10.6 Å². The number of thioether (sulfide) groups is 1. The maximum atomic E-state index is 13.2. The molecule has 0 spiro atoms. The normalized spacial score (nSPS) is 12.4. The lowest BCUT2D eigenvalue weighted by molar-refractivity contribution is 0.174. The van der Waals surface area contributed by atoms with Gasteiger partial charge in [0.1, 0.15) is 0 Å². The Kier molecular flexibility index (Phi) is 4.66. The quantitative estimate of drug-likeness (QED) is 0.340. The van der Waals surface area contributed by atoms with Crippen LogP contribution in [0.4, 0.5) is 0 Å². The summed E-state index contributed by atoms with van der Waals surface area (Å²) in [6.45, 7) is 0.172. The van der Waals surface area contributed by atoms with Crippen LogP contribution in [0.1, 0.15) is 5.56 Å². The summed E-state index contributed by atoms with van der Waals surface area (Å²) in [6.07, 6.45) is 0. The molecule has 0 unspecified atom stereocenters. The van der Waals surface area contributed by atoms with Gasteiger partial charge in [-0.1, -0.05) is 53.7 Å². The predicted molar refractivity (Wildman–Crippen MR) is 114 cm³/mol. The van der Waals surface area contributed by atoms with Crippen LogP contribution < -0.4 is 15.0 Å². The van der Waals surface area contributed by atoms with E-state index >= 15 is 0 Å². The number of halogens is 1. The van der Waals surface area contributed by atoms with Crippen LogP contribution in [0.3, 0.4) is 0 Å². The molecule has 1 aliphatic heterocycles. The van der Waals surface area contributed by atoms with E-state index in [1.807, 2.05) is 60.7 Å². The van der Waals surface area contributed by atoms with Crippen molar-refractivity contribution in [2.75, 3.05) is 6.79 Å². The molecule has 0 saturated heterocycles. The zero-order valence-corrected chi connectivity index (χ0v) is 16.7. The molecule has 5 nitrogen and oxygen atoms in total. The lowest BCUT2D eigenvalue weighted by atomic mass is 10.2. The fourth-order valence-electron chi connectivity index (χ4n) is 3.27. The highest BCUT2D eigenvalue weighted by Gasteiger charge is 2.19. The number of fused-ring (bicyclic) bond motifs is 2. The van der Waals surface area contributed by atoms with E-state index < -0.39 is 0 Å². The van der Waals surface area contributed by atoms with Crippen molar-refractivity contribution in [3.63, 3.8) is 0 Å². The average Bonchev–Trinajstić information content (AvgIpc) is 3.22. The summed E-state index contributed by atoms with van der Waals surface area (Å²) >= 11 is 7.78. The van der Waals surface area contributed by atoms with E-state index in [1.165, 1.54) is 11.8 Å². The zero-order chi connectivity index (χ0) is 19.8.